The molecule has 0 aliphatic carbocycles. The molecule has 2 N–H and O–H groups in total. The Labute approximate surface area is 172 Å². The molecule has 28 heavy (non-hydrogen) atoms. The van der Waals surface area contributed by atoms with Gasteiger partial charge in [-0.15, -0.1) is 0 Å². The molecule has 0 unspecified atom stereocenters. The van der Waals surface area contributed by atoms with E-state index >= 15 is 0 Å². The third kappa shape index (κ3) is 6.72. The van der Waals surface area contributed by atoms with Gasteiger partial charge >= 0.3 is 0 Å². The van der Waals surface area contributed by atoms with Gasteiger partial charge in [-0.1, -0.05) is 13.8 Å². The largest absolute Gasteiger partial charge is 0.351 e. The van der Waals surface area contributed by atoms with Crippen molar-refractivity contribution >= 4 is 33.4 Å². The maximum absolute atomic E-state index is 13.3. The first kappa shape index (κ1) is 22.0. The first-order valence-corrected chi connectivity index (χ1v) is 10.00. The number of carbonyl (C=O) groups excluding carboxylic acids is 2. The Morgan fingerprint density at radius 2 is 2.04 bits per heavy atom. The number of halogens is 2. The van der Waals surface area contributed by atoms with Crippen molar-refractivity contribution in [2.45, 2.75) is 26.8 Å². The number of nitrogens with one attached hydrogen (secondary N) is 2. The second-order valence-corrected chi connectivity index (χ2v) is 7.05. The van der Waals surface area contributed by atoms with Crippen LogP contribution in [0.15, 0.2) is 35.1 Å². The maximum Gasteiger partial charge on any atom is 0.252 e. The number of hydrogen-bond donors (Lipinski definition) is 2. The van der Waals surface area contributed by atoms with Crippen molar-refractivity contribution < 1.29 is 14.0 Å². The highest BCUT2D eigenvalue weighted by Crippen LogP contribution is 2.17. The molecule has 2 aromatic rings. The Morgan fingerprint density at radius 1 is 1.29 bits per heavy atom. The van der Waals surface area contributed by atoms with Crippen LogP contribution in [0.5, 0.6) is 0 Å². The predicted octanol–water partition coefficient (Wildman–Crippen LogP) is 2.89. The van der Waals surface area contributed by atoms with Gasteiger partial charge in [-0.05, 0) is 47.2 Å². The average Bonchev–Trinajstić information content (AvgIpc) is 3.11. The minimum atomic E-state index is -0.496. The predicted molar refractivity (Wildman–Crippen MR) is 110 cm³/mol. The summed E-state index contributed by atoms with van der Waals surface area (Å²) in [6.45, 7) is 7.98. The van der Waals surface area contributed by atoms with Gasteiger partial charge in [0.1, 0.15) is 5.82 Å². The van der Waals surface area contributed by atoms with Crippen molar-refractivity contribution in [3.05, 3.63) is 46.4 Å². The zero-order valence-electron chi connectivity index (χ0n) is 16.0. The van der Waals surface area contributed by atoms with Crippen LogP contribution in [-0.4, -0.2) is 52.7 Å². The zero-order chi connectivity index (χ0) is 20.5. The minimum absolute atomic E-state index is 0.100. The van der Waals surface area contributed by atoms with E-state index in [2.05, 4.69) is 50.4 Å². The SMILES string of the molecule is CCN(CC)CCn1cc(NC(=O)CCNC(=O)c2cc(F)ccc2Br)cn1. The van der Waals surface area contributed by atoms with Gasteiger partial charge in [0.25, 0.3) is 5.91 Å². The molecular formula is C19H25BrFN5O2. The van der Waals surface area contributed by atoms with Crippen molar-refractivity contribution in [2.75, 3.05) is 31.5 Å². The monoisotopic (exact) mass is 453 g/mol. The smallest absolute Gasteiger partial charge is 0.252 e. The number of nitrogens with zero attached hydrogens (tertiary/aromatic N) is 3. The van der Waals surface area contributed by atoms with Crippen LogP contribution in [0, 0.1) is 5.82 Å². The fourth-order valence-corrected chi connectivity index (χ4v) is 3.04. The van der Waals surface area contributed by atoms with Gasteiger partial charge in [-0.3, -0.25) is 14.3 Å². The minimum Gasteiger partial charge on any atom is -0.351 e. The summed E-state index contributed by atoms with van der Waals surface area (Å²) in [4.78, 5) is 26.4. The van der Waals surface area contributed by atoms with Gasteiger partial charge in [0.2, 0.25) is 5.91 Å². The van der Waals surface area contributed by atoms with E-state index in [0.29, 0.717) is 10.2 Å². The number of likely N-dealkylation sites (N-methyl/N-ethyl adjacent to an activating group) is 1. The number of carbonyl (C=O) groups is 2. The van der Waals surface area contributed by atoms with Crippen LogP contribution in [-0.2, 0) is 11.3 Å². The van der Waals surface area contributed by atoms with E-state index in [4.69, 9.17) is 0 Å². The Balaban J connectivity index is 1.75. The molecule has 0 saturated carbocycles. The molecule has 2 rings (SSSR count). The Hall–Kier alpha value is -2.26. The van der Waals surface area contributed by atoms with Crippen molar-refractivity contribution in [1.29, 1.82) is 0 Å². The Morgan fingerprint density at radius 3 is 2.75 bits per heavy atom. The molecule has 9 heteroatoms. The van der Waals surface area contributed by atoms with E-state index in [1.807, 2.05) is 0 Å². The summed E-state index contributed by atoms with van der Waals surface area (Å²) < 4.78 is 15.5. The standard InChI is InChI=1S/C19H25BrFN5O2/c1-3-25(4-2)9-10-26-13-15(12-23-26)24-18(27)7-8-22-19(28)16-11-14(21)5-6-17(16)20/h5-6,11-13H,3-4,7-10H2,1-2H3,(H,22,28)(H,24,27). The lowest BCUT2D eigenvalue weighted by Crippen LogP contribution is -2.28. The van der Waals surface area contributed by atoms with Crippen LogP contribution < -0.4 is 10.6 Å². The van der Waals surface area contributed by atoms with E-state index in [1.54, 1.807) is 17.1 Å². The summed E-state index contributed by atoms with van der Waals surface area (Å²) in [7, 11) is 0. The summed E-state index contributed by atoms with van der Waals surface area (Å²) >= 11 is 3.21. The number of hydrogen-bond acceptors (Lipinski definition) is 4. The Kier molecular flexibility index (Phi) is 8.59. The highest BCUT2D eigenvalue weighted by Gasteiger charge is 2.12. The van der Waals surface area contributed by atoms with E-state index in [0.717, 1.165) is 32.2 Å². The molecule has 0 bridgehead atoms. The number of anilines is 1. The third-order valence-corrected chi connectivity index (χ3v) is 4.96. The first-order valence-electron chi connectivity index (χ1n) is 9.20. The molecule has 0 aliphatic rings. The van der Waals surface area contributed by atoms with Gasteiger partial charge in [-0.2, -0.15) is 5.10 Å². The lowest BCUT2D eigenvalue weighted by molar-refractivity contribution is -0.116. The van der Waals surface area contributed by atoms with Gasteiger partial charge in [-0.25, -0.2) is 4.39 Å². The molecular weight excluding hydrogens is 429 g/mol. The van der Waals surface area contributed by atoms with Crippen LogP contribution in [0.25, 0.3) is 0 Å². The van der Waals surface area contributed by atoms with Crippen LogP contribution in [0.2, 0.25) is 0 Å². The van der Waals surface area contributed by atoms with Crippen molar-refractivity contribution in [2.24, 2.45) is 0 Å². The van der Waals surface area contributed by atoms with E-state index < -0.39 is 11.7 Å². The number of rotatable bonds is 10. The number of aromatic nitrogens is 2. The maximum atomic E-state index is 13.3. The summed E-state index contributed by atoms with van der Waals surface area (Å²) in [6, 6.07) is 3.87. The lowest BCUT2D eigenvalue weighted by atomic mass is 10.2. The quantitative estimate of drug-likeness (QED) is 0.579. The van der Waals surface area contributed by atoms with Gasteiger partial charge in [0.15, 0.2) is 0 Å². The highest BCUT2D eigenvalue weighted by molar-refractivity contribution is 9.10. The Bertz CT molecular complexity index is 807. The summed E-state index contributed by atoms with van der Waals surface area (Å²) in [5, 5.41) is 9.61. The second-order valence-electron chi connectivity index (χ2n) is 6.20. The highest BCUT2D eigenvalue weighted by atomic mass is 79.9. The summed E-state index contributed by atoms with van der Waals surface area (Å²) in [5.74, 6) is -1.17. The third-order valence-electron chi connectivity index (χ3n) is 4.27. The van der Waals surface area contributed by atoms with E-state index in [1.165, 1.54) is 12.1 Å². The van der Waals surface area contributed by atoms with Crippen molar-refractivity contribution in [3.63, 3.8) is 0 Å². The fourth-order valence-electron chi connectivity index (χ4n) is 2.61. The first-order chi connectivity index (χ1) is 13.4. The molecule has 0 aliphatic heterocycles. The molecule has 0 spiro atoms. The van der Waals surface area contributed by atoms with Crippen molar-refractivity contribution in [3.8, 4) is 0 Å². The summed E-state index contributed by atoms with van der Waals surface area (Å²) in [6.07, 6.45) is 3.48. The molecule has 1 aromatic heterocycles. The van der Waals surface area contributed by atoms with Crippen LogP contribution >= 0.6 is 15.9 Å². The second kappa shape index (κ2) is 10.9. The molecule has 0 radical (unpaired) electrons. The van der Waals surface area contributed by atoms with E-state index in [-0.39, 0.29) is 24.4 Å². The average molecular weight is 454 g/mol. The molecule has 1 aromatic carbocycles. The van der Waals surface area contributed by atoms with Gasteiger partial charge in [0, 0.05) is 30.2 Å². The normalized spacial score (nSPS) is 10.9. The molecule has 0 atom stereocenters. The van der Waals surface area contributed by atoms with Gasteiger partial charge in [0.05, 0.1) is 24.0 Å². The molecule has 152 valence electrons. The molecule has 0 fully saturated rings. The van der Waals surface area contributed by atoms with E-state index in [9.17, 15) is 14.0 Å². The van der Waals surface area contributed by atoms with Crippen LogP contribution in [0.4, 0.5) is 10.1 Å². The zero-order valence-corrected chi connectivity index (χ0v) is 17.6. The van der Waals surface area contributed by atoms with Crippen molar-refractivity contribution in [1.82, 2.24) is 20.0 Å². The molecule has 1 heterocycles. The lowest BCUT2D eigenvalue weighted by Gasteiger charge is -2.17. The number of amides is 2. The fraction of sp³-hybridized carbons (Fsp3) is 0.421. The topological polar surface area (TPSA) is 79.3 Å². The van der Waals surface area contributed by atoms with Crippen LogP contribution in [0.1, 0.15) is 30.6 Å². The molecule has 0 saturated heterocycles. The number of benzene rings is 1. The summed E-state index contributed by atoms with van der Waals surface area (Å²) in [5.41, 5.74) is 0.804. The van der Waals surface area contributed by atoms with Crippen LogP contribution in [0.3, 0.4) is 0 Å². The molecule has 7 nitrogen and oxygen atoms in total. The van der Waals surface area contributed by atoms with Gasteiger partial charge < -0.3 is 15.5 Å². The molecule has 2 amide bonds.